The zero-order valence-electron chi connectivity index (χ0n) is 17.7. The molecule has 0 amide bonds. The van der Waals surface area contributed by atoms with Gasteiger partial charge in [-0.05, 0) is 50.7 Å². The van der Waals surface area contributed by atoms with Gasteiger partial charge in [0.2, 0.25) is 0 Å². The molecule has 10 heteroatoms. The topological polar surface area (TPSA) is 90.1 Å². The summed E-state index contributed by atoms with van der Waals surface area (Å²) < 4.78 is 8.71. The van der Waals surface area contributed by atoms with Crippen molar-refractivity contribution in [3.63, 3.8) is 0 Å². The standard InChI is InChI=1S/C21H25N7O2S/c1-14-11-16(15(2)28(14)26-12-23-24-13-26)20-19(17-7-4-5-9-22-17)25-21(31)27(20)10-6-8-18(29)30-3/h4-5,7,9,11-13,19-20H,6,8,10H2,1-3H3,(H,25,31). The molecule has 9 nitrogen and oxygen atoms in total. The van der Waals surface area contributed by atoms with Crippen molar-refractivity contribution in [3.8, 4) is 0 Å². The zero-order chi connectivity index (χ0) is 22.0. The van der Waals surface area contributed by atoms with Gasteiger partial charge in [-0.1, -0.05) is 6.07 Å². The molecule has 0 aromatic carbocycles. The Balaban J connectivity index is 1.73. The molecule has 4 rings (SSSR count). The van der Waals surface area contributed by atoms with Crippen molar-refractivity contribution >= 4 is 23.3 Å². The first-order valence-corrected chi connectivity index (χ1v) is 10.5. The monoisotopic (exact) mass is 439 g/mol. The second kappa shape index (κ2) is 8.84. The predicted molar refractivity (Wildman–Crippen MR) is 118 cm³/mol. The molecule has 0 saturated carbocycles. The predicted octanol–water partition coefficient (Wildman–Crippen LogP) is 2.33. The highest BCUT2D eigenvalue weighted by molar-refractivity contribution is 7.80. The minimum absolute atomic E-state index is 0.0727. The molecule has 1 aliphatic heterocycles. The van der Waals surface area contributed by atoms with E-state index >= 15 is 0 Å². The number of thiocarbonyl (C=S) groups is 1. The fourth-order valence-electron chi connectivity index (χ4n) is 4.21. The van der Waals surface area contributed by atoms with Gasteiger partial charge in [0.05, 0.1) is 24.9 Å². The van der Waals surface area contributed by atoms with Crippen molar-refractivity contribution < 1.29 is 9.53 Å². The molecule has 0 spiro atoms. The molecular formula is C21H25N7O2S. The number of hydrogen-bond acceptors (Lipinski definition) is 6. The van der Waals surface area contributed by atoms with Crippen molar-refractivity contribution in [2.24, 2.45) is 0 Å². The maximum absolute atomic E-state index is 11.6. The van der Waals surface area contributed by atoms with Gasteiger partial charge in [-0.2, -0.15) is 0 Å². The molecule has 2 unspecified atom stereocenters. The van der Waals surface area contributed by atoms with E-state index in [2.05, 4.69) is 50.0 Å². The number of nitrogens with one attached hydrogen (secondary N) is 1. The molecular weight excluding hydrogens is 414 g/mol. The summed E-state index contributed by atoms with van der Waals surface area (Å²) in [4.78, 5) is 18.4. The van der Waals surface area contributed by atoms with E-state index in [0.29, 0.717) is 24.5 Å². The van der Waals surface area contributed by atoms with Crippen LogP contribution >= 0.6 is 12.2 Å². The van der Waals surface area contributed by atoms with Crippen LogP contribution in [0.3, 0.4) is 0 Å². The Morgan fingerprint density at radius 1 is 1.26 bits per heavy atom. The van der Waals surface area contributed by atoms with Gasteiger partial charge in [-0.25, -0.2) is 4.68 Å². The molecule has 31 heavy (non-hydrogen) atoms. The number of methoxy groups -OCH3 is 1. The van der Waals surface area contributed by atoms with Gasteiger partial charge < -0.3 is 15.0 Å². The van der Waals surface area contributed by atoms with Crippen LogP contribution < -0.4 is 5.32 Å². The summed E-state index contributed by atoms with van der Waals surface area (Å²) >= 11 is 5.70. The molecule has 1 aliphatic rings. The minimum Gasteiger partial charge on any atom is -0.469 e. The van der Waals surface area contributed by atoms with E-state index in [1.807, 2.05) is 22.9 Å². The molecule has 162 valence electrons. The van der Waals surface area contributed by atoms with Gasteiger partial charge in [0.1, 0.15) is 12.7 Å². The third kappa shape index (κ3) is 4.02. The Morgan fingerprint density at radius 3 is 2.71 bits per heavy atom. The molecule has 1 saturated heterocycles. The second-order valence-corrected chi connectivity index (χ2v) is 7.87. The molecule has 3 aromatic heterocycles. The molecule has 0 aliphatic carbocycles. The SMILES string of the molecule is COC(=O)CCCN1C(=S)NC(c2ccccn2)C1c1cc(C)n(-n2cnnc2)c1C. The average Bonchev–Trinajstić information content (AvgIpc) is 3.47. The highest BCUT2D eigenvalue weighted by Crippen LogP contribution is 2.40. The molecule has 4 heterocycles. The smallest absolute Gasteiger partial charge is 0.305 e. The van der Waals surface area contributed by atoms with E-state index in [0.717, 1.165) is 22.6 Å². The van der Waals surface area contributed by atoms with Crippen LogP contribution in [0.4, 0.5) is 0 Å². The molecule has 1 fully saturated rings. The van der Waals surface area contributed by atoms with Gasteiger partial charge in [-0.15, -0.1) is 10.2 Å². The lowest BCUT2D eigenvalue weighted by atomic mass is 9.96. The first-order valence-electron chi connectivity index (χ1n) is 10.1. The van der Waals surface area contributed by atoms with Gasteiger partial charge >= 0.3 is 5.97 Å². The summed E-state index contributed by atoms with van der Waals surface area (Å²) in [5, 5.41) is 12.0. The number of ether oxygens (including phenoxy) is 1. The largest absolute Gasteiger partial charge is 0.469 e. The fraction of sp³-hybridized carbons (Fsp3) is 0.381. The van der Waals surface area contributed by atoms with Crippen molar-refractivity contribution in [2.45, 2.75) is 38.8 Å². The Kier molecular flexibility index (Phi) is 5.99. The lowest BCUT2D eigenvalue weighted by Crippen LogP contribution is -2.31. The third-order valence-corrected chi connectivity index (χ3v) is 5.95. The number of rotatable bonds is 7. The zero-order valence-corrected chi connectivity index (χ0v) is 18.5. The van der Waals surface area contributed by atoms with Crippen LogP contribution in [0, 0.1) is 13.8 Å². The minimum atomic E-state index is -0.221. The van der Waals surface area contributed by atoms with Crippen LogP contribution in [0.1, 0.15) is 47.6 Å². The molecule has 1 N–H and O–H groups in total. The Labute approximate surface area is 186 Å². The number of carbonyl (C=O) groups excluding carboxylic acids is 1. The molecule has 2 atom stereocenters. The van der Waals surface area contributed by atoms with Crippen LogP contribution in [0.25, 0.3) is 0 Å². The highest BCUT2D eigenvalue weighted by atomic mass is 32.1. The number of aryl methyl sites for hydroxylation is 1. The molecule has 3 aromatic rings. The third-order valence-electron chi connectivity index (χ3n) is 5.60. The van der Waals surface area contributed by atoms with E-state index in [1.54, 1.807) is 18.9 Å². The van der Waals surface area contributed by atoms with Crippen molar-refractivity contribution in [1.29, 1.82) is 0 Å². The quantitative estimate of drug-likeness (QED) is 0.443. The second-order valence-electron chi connectivity index (χ2n) is 7.48. The Bertz CT molecular complexity index is 1070. The Morgan fingerprint density at radius 2 is 2.03 bits per heavy atom. The van der Waals surface area contributed by atoms with Crippen LogP contribution in [0.2, 0.25) is 0 Å². The van der Waals surface area contributed by atoms with Crippen LogP contribution in [-0.2, 0) is 9.53 Å². The maximum atomic E-state index is 11.6. The number of aromatic nitrogens is 5. The number of pyridine rings is 1. The lowest BCUT2D eigenvalue weighted by Gasteiger charge is -2.28. The van der Waals surface area contributed by atoms with Gasteiger partial charge in [0, 0.05) is 36.1 Å². The molecule has 0 bridgehead atoms. The van der Waals surface area contributed by atoms with E-state index in [4.69, 9.17) is 17.0 Å². The first kappa shape index (κ1) is 21.0. The maximum Gasteiger partial charge on any atom is 0.305 e. The summed E-state index contributed by atoms with van der Waals surface area (Å²) in [6.07, 6.45) is 6.12. The summed E-state index contributed by atoms with van der Waals surface area (Å²) in [7, 11) is 1.41. The van der Waals surface area contributed by atoms with E-state index < -0.39 is 0 Å². The normalized spacial score (nSPS) is 18.3. The highest BCUT2D eigenvalue weighted by Gasteiger charge is 2.41. The lowest BCUT2D eigenvalue weighted by molar-refractivity contribution is -0.140. The van der Waals surface area contributed by atoms with Gasteiger partial charge in [0.15, 0.2) is 5.11 Å². The first-order chi connectivity index (χ1) is 15.0. The van der Waals surface area contributed by atoms with Gasteiger partial charge in [0.25, 0.3) is 0 Å². The molecule has 0 radical (unpaired) electrons. The Hall–Kier alpha value is -3.27. The number of hydrogen-bond donors (Lipinski definition) is 1. The van der Waals surface area contributed by atoms with Crippen molar-refractivity contribution in [2.75, 3.05) is 13.7 Å². The number of nitrogens with zero attached hydrogens (tertiary/aromatic N) is 6. The summed E-state index contributed by atoms with van der Waals surface area (Å²) in [5.74, 6) is -0.221. The summed E-state index contributed by atoms with van der Waals surface area (Å²) in [6.45, 7) is 4.76. The number of carbonyl (C=O) groups is 1. The van der Waals surface area contributed by atoms with Gasteiger partial charge in [-0.3, -0.25) is 14.5 Å². The average molecular weight is 440 g/mol. The van der Waals surface area contributed by atoms with Crippen molar-refractivity contribution in [3.05, 3.63) is 65.8 Å². The van der Waals surface area contributed by atoms with Crippen LogP contribution in [0.15, 0.2) is 43.1 Å². The van der Waals surface area contributed by atoms with E-state index in [1.165, 1.54) is 7.11 Å². The fourth-order valence-corrected chi connectivity index (χ4v) is 4.54. The van der Waals surface area contributed by atoms with E-state index in [-0.39, 0.29) is 18.1 Å². The number of esters is 1. The summed E-state index contributed by atoms with van der Waals surface area (Å²) in [6, 6.07) is 7.86. The van der Waals surface area contributed by atoms with Crippen LogP contribution in [-0.4, -0.2) is 54.2 Å². The van der Waals surface area contributed by atoms with Crippen LogP contribution in [0.5, 0.6) is 0 Å². The van der Waals surface area contributed by atoms with Crippen molar-refractivity contribution in [1.82, 2.24) is 34.8 Å². The van der Waals surface area contributed by atoms with E-state index in [9.17, 15) is 4.79 Å². The summed E-state index contributed by atoms with van der Waals surface area (Å²) in [5.41, 5.74) is 4.17.